The Morgan fingerprint density at radius 1 is 1.17 bits per heavy atom. The summed E-state index contributed by atoms with van der Waals surface area (Å²) in [5.41, 5.74) is 1.02. The third kappa shape index (κ3) is 4.32. The van der Waals surface area contributed by atoms with E-state index in [9.17, 15) is 14.4 Å². The summed E-state index contributed by atoms with van der Waals surface area (Å²) in [5.74, 6) is 0.679. The molecular formula is C22H25N5O3. The van der Waals surface area contributed by atoms with Crippen LogP contribution in [0.4, 0.5) is 0 Å². The molecule has 3 aromatic rings. The van der Waals surface area contributed by atoms with E-state index in [2.05, 4.69) is 15.1 Å². The van der Waals surface area contributed by atoms with Gasteiger partial charge in [-0.05, 0) is 37.5 Å². The van der Waals surface area contributed by atoms with Crippen LogP contribution >= 0.6 is 0 Å². The number of carbonyl (C=O) groups is 2. The second-order valence-electron chi connectivity index (χ2n) is 7.78. The molecule has 1 aliphatic heterocycles. The Morgan fingerprint density at radius 2 is 1.93 bits per heavy atom. The number of nitrogens with zero attached hydrogens (tertiary/aromatic N) is 4. The molecule has 8 heteroatoms. The molecule has 4 rings (SSSR count). The molecule has 156 valence electrons. The lowest BCUT2D eigenvalue weighted by molar-refractivity contribution is -0.132. The number of carbonyl (C=O) groups excluding carboxylic acids is 2. The minimum absolute atomic E-state index is 0.0639. The standard InChI is InChI=1S/C22H25N5O3/c1-26-12-11-18(25-26)21(29)15-9-13-27(14-10-15)20(28)8-4-7-19-23-17-6-3-2-5-16(17)22(30)24-19/h2-3,5-6,11-12,15H,4,7-10,13-14H2,1H3,(H,23,24,30). The number of nitrogens with one attached hydrogen (secondary N) is 1. The number of fused-ring (bicyclic) bond motifs is 1. The molecule has 1 aromatic carbocycles. The Bertz CT molecular complexity index is 1130. The van der Waals surface area contributed by atoms with Gasteiger partial charge in [0.1, 0.15) is 11.5 Å². The number of Topliss-reactive ketones (excluding diaryl/α,β-unsaturated/α-hetero) is 1. The van der Waals surface area contributed by atoms with E-state index < -0.39 is 0 Å². The molecule has 0 aliphatic carbocycles. The molecular weight excluding hydrogens is 382 g/mol. The van der Waals surface area contributed by atoms with E-state index in [1.165, 1.54) is 0 Å². The molecule has 3 heterocycles. The Hall–Kier alpha value is -3.29. The fourth-order valence-corrected chi connectivity index (χ4v) is 3.97. The van der Waals surface area contributed by atoms with E-state index in [1.807, 2.05) is 23.1 Å². The van der Waals surface area contributed by atoms with E-state index in [4.69, 9.17) is 0 Å². The summed E-state index contributed by atoms with van der Waals surface area (Å²) in [5, 5.41) is 4.76. The van der Waals surface area contributed by atoms with E-state index >= 15 is 0 Å². The minimum Gasteiger partial charge on any atom is -0.343 e. The van der Waals surface area contributed by atoms with Crippen LogP contribution in [-0.2, 0) is 18.3 Å². The largest absolute Gasteiger partial charge is 0.343 e. The highest BCUT2D eigenvalue weighted by molar-refractivity contribution is 5.96. The fraction of sp³-hybridized carbons (Fsp3) is 0.409. The van der Waals surface area contributed by atoms with Crippen LogP contribution in [0.25, 0.3) is 10.9 Å². The lowest BCUT2D eigenvalue weighted by Gasteiger charge is -2.31. The molecule has 30 heavy (non-hydrogen) atoms. The SMILES string of the molecule is Cn1ccc(C(=O)C2CCN(C(=O)CCCc3nc4ccccc4c(=O)[nH]3)CC2)n1. The molecule has 0 bridgehead atoms. The quantitative estimate of drug-likeness (QED) is 0.631. The number of piperidine rings is 1. The molecule has 0 spiro atoms. The number of amides is 1. The third-order valence-corrected chi connectivity index (χ3v) is 5.65. The second-order valence-corrected chi connectivity index (χ2v) is 7.78. The molecule has 1 aliphatic rings. The Labute approximate surface area is 173 Å². The van der Waals surface area contributed by atoms with E-state index in [0.717, 1.165) is 0 Å². The van der Waals surface area contributed by atoms with Gasteiger partial charge in [-0.3, -0.25) is 19.1 Å². The molecule has 0 unspecified atom stereocenters. The van der Waals surface area contributed by atoms with Crippen molar-refractivity contribution in [2.75, 3.05) is 13.1 Å². The van der Waals surface area contributed by atoms with Crippen molar-refractivity contribution in [3.05, 3.63) is 58.4 Å². The normalized spacial score (nSPS) is 14.9. The first-order valence-electron chi connectivity index (χ1n) is 10.3. The number of ketones is 1. The number of hydrogen-bond acceptors (Lipinski definition) is 5. The topological polar surface area (TPSA) is 101 Å². The maximum atomic E-state index is 12.6. The highest BCUT2D eigenvalue weighted by atomic mass is 16.2. The summed E-state index contributed by atoms with van der Waals surface area (Å²) in [6.45, 7) is 1.18. The molecule has 1 fully saturated rings. The molecule has 2 aromatic heterocycles. The number of likely N-dealkylation sites (tertiary alicyclic amines) is 1. The van der Waals surface area contributed by atoms with Crippen molar-refractivity contribution >= 4 is 22.6 Å². The van der Waals surface area contributed by atoms with E-state index in [-0.39, 0.29) is 23.2 Å². The number of rotatable bonds is 6. The van der Waals surface area contributed by atoms with Gasteiger partial charge in [-0.25, -0.2) is 4.98 Å². The summed E-state index contributed by atoms with van der Waals surface area (Å²) in [7, 11) is 1.79. The molecule has 0 saturated carbocycles. The zero-order valence-electron chi connectivity index (χ0n) is 17.0. The monoisotopic (exact) mass is 407 g/mol. The van der Waals surface area contributed by atoms with Gasteiger partial charge in [-0.15, -0.1) is 0 Å². The Kier molecular flexibility index (Phi) is 5.74. The van der Waals surface area contributed by atoms with Crippen LogP contribution in [-0.4, -0.2) is 49.4 Å². The first kappa shape index (κ1) is 20.0. The maximum Gasteiger partial charge on any atom is 0.258 e. The number of benzene rings is 1. The van der Waals surface area contributed by atoms with Gasteiger partial charge in [0.05, 0.1) is 10.9 Å². The third-order valence-electron chi connectivity index (χ3n) is 5.65. The zero-order valence-corrected chi connectivity index (χ0v) is 17.0. The summed E-state index contributed by atoms with van der Waals surface area (Å²) < 4.78 is 1.63. The maximum absolute atomic E-state index is 12.6. The first-order valence-corrected chi connectivity index (χ1v) is 10.3. The van der Waals surface area contributed by atoms with Crippen molar-refractivity contribution in [3.8, 4) is 0 Å². The lowest BCUT2D eigenvalue weighted by Crippen LogP contribution is -2.40. The van der Waals surface area contributed by atoms with Crippen LogP contribution in [0, 0.1) is 5.92 Å². The molecule has 1 saturated heterocycles. The van der Waals surface area contributed by atoms with Crippen LogP contribution in [0.2, 0.25) is 0 Å². The van der Waals surface area contributed by atoms with Crippen LogP contribution < -0.4 is 5.56 Å². The van der Waals surface area contributed by atoms with Crippen molar-refractivity contribution in [2.45, 2.75) is 32.1 Å². The average molecular weight is 407 g/mol. The van der Waals surface area contributed by atoms with Gasteiger partial charge >= 0.3 is 0 Å². The summed E-state index contributed by atoms with van der Waals surface area (Å²) in [6.07, 6.45) is 4.66. The van der Waals surface area contributed by atoms with Gasteiger partial charge in [0.15, 0.2) is 5.78 Å². The van der Waals surface area contributed by atoms with Gasteiger partial charge in [0, 0.05) is 45.1 Å². The molecule has 0 radical (unpaired) electrons. The predicted molar refractivity (Wildman–Crippen MR) is 112 cm³/mol. The van der Waals surface area contributed by atoms with Crippen molar-refractivity contribution in [1.29, 1.82) is 0 Å². The second kappa shape index (κ2) is 8.61. The molecule has 0 atom stereocenters. The molecule has 1 N–H and O–H groups in total. The van der Waals surface area contributed by atoms with Gasteiger partial charge in [-0.1, -0.05) is 12.1 Å². The summed E-state index contributed by atoms with van der Waals surface area (Å²) in [4.78, 5) is 46.3. The highest BCUT2D eigenvalue weighted by Gasteiger charge is 2.28. The van der Waals surface area contributed by atoms with E-state index in [1.54, 1.807) is 30.1 Å². The smallest absolute Gasteiger partial charge is 0.258 e. The average Bonchev–Trinajstić information content (AvgIpc) is 3.19. The fourth-order valence-electron chi connectivity index (χ4n) is 3.97. The van der Waals surface area contributed by atoms with Crippen LogP contribution in [0.15, 0.2) is 41.3 Å². The Balaban J connectivity index is 1.26. The van der Waals surface area contributed by atoms with Gasteiger partial charge in [-0.2, -0.15) is 5.10 Å². The van der Waals surface area contributed by atoms with Gasteiger partial charge in [0.2, 0.25) is 5.91 Å². The first-order chi connectivity index (χ1) is 14.5. The molecule has 1 amide bonds. The molecule has 8 nitrogen and oxygen atoms in total. The number of hydrogen-bond donors (Lipinski definition) is 1. The predicted octanol–water partition coefficient (Wildman–Crippen LogP) is 2.10. The van der Waals surface area contributed by atoms with Crippen molar-refractivity contribution in [2.24, 2.45) is 13.0 Å². The van der Waals surface area contributed by atoms with E-state index in [0.29, 0.717) is 67.6 Å². The van der Waals surface area contributed by atoms with Crippen LogP contribution in [0.5, 0.6) is 0 Å². The number of aryl methyl sites for hydroxylation is 2. The highest BCUT2D eigenvalue weighted by Crippen LogP contribution is 2.22. The number of para-hydroxylation sites is 1. The number of aromatic amines is 1. The van der Waals surface area contributed by atoms with Crippen molar-refractivity contribution in [3.63, 3.8) is 0 Å². The number of H-pyrrole nitrogens is 1. The summed E-state index contributed by atoms with van der Waals surface area (Å²) in [6, 6.07) is 8.96. The van der Waals surface area contributed by atoms with Crippen molar-refractivity contribution in [1.82, 2.24) is 24.6 Å². The zero-order chi connectivity index (χ0) is 21.1. The Morgan fingerprint density at radius 3 is 2.67 bits per heavy atom. The minimum atomic E-state index is -0.151. The van der Waals surface area contributed by atoms with Crippen molar-refractivity contribution < 1.29 is 9.59 Å². The van der Waals surface area contributed by atoms with Gasteiger partial charge < -0.3 is 9.88 Å². The van der Waals surface area contributed by atoms with Crippen LogP contribution in [0.3, 0.4) is 0 Å². The summed E-state index contributed by atoms with van der Waals surface area (Å²) >= 11 is 0. The van der Waals surface area contributed by atoms with Crippen LogP contribution in [0.1, 0.15) is 42.0 Å². The number of aromatic nitrogens is 4. The van der Waals surface area contributed by atoms with Gasteiger partial charge in [0.25, 0.3) is 5.56 Å². The lowest BCUT2D eigenvalue weighted by atomic mass is 9.91.